The highest BCUT2D eigenvalue weighted by molar-refractivity contribution is 6.30. The maximum atomic E-state index is 12.3. The van der Waals surface area contributed by atoms with E-state index in [0.717, 1.165) is 5.56 Å². The summed E-state index contributed by atoms with van der Waals surface area (Å²) in [5, 5.41) is 0.689. The molecule has 0 bridgehead atoms. The first kappa shape index (κ1) is 15.8. The predicted molar refractivity (Wildman–Crippen MR) is 88.7 cm³/mol. The number of ether oxygens (including phenoxy) is 2. The molecule has 0 aliphatic carbocycles. The van der Waals surface area contributed by atoms with Crippen molar-refractivity contribution >= 4 is 17.5 Å². The molecule has 0 radical (unpaired) electrons. The van der Waals surface area contributed by atoms with Crippen molar-refractivity contribution in [3.05, 3.63) is 65.2 Å². The van der Waals surface area contributed by atoms with Crippen LogP contribution in [0.5, 0.6) is 5.75 Å². The standard InChI is InChI=1S/C18H18ClNO3/c19-15-8-6-14(7-9-15)17-12-20(10-11-22-17)18(21)13-23-16-4-2-1-3-5-16/h1-9,17H,10-13H2. The van der Waals surface area contributed by atoms with Gasteiger partial charge in [0.15, 0.2) is 6.61 Å². The molecule has 0 N–H and O–H groups in total. The zero-order valence-electron chi connectivity index (χ0n) is 12.7. The van der Waals surface area contributed by atoms with Gasteiger partial charge in [-0.3, -0.25) is 4.79 Å². The lowest BCUT2D eigenvalue weighted by molar-refractivity contribution is -0.141. The summed E-state index contributed by atoms with van der Waals surface area (Å²) in [5.74, 6) is 0.666. The van der Waals surface area contributed by atoms with E-state index in [9.17, 15) is 4.79 Å². The van der Waals surface area contributed by atoms with Crippen LogP contribution in [-0.2, 0) is 9.53 Å². The highest BCUT2D eigenvalue weighted by atomic mass is 35.5. The van der Waals surface area contributed by atoms with E-state index in [0.29, 0.717) is 30.5 Å². The number of halogens is 1. The second kappa shape index (κ2) is 7.49. The van der Waals surface area contributed by atoms with Crippen molar-refractivity contribution in [3.63, 3.8) is 0 Å². The van der Waals surface area contributed by atoms with E-state index in [1.54, 1.807) is 4.90 Å². The van der Waals surface area contributed by atoms with Crippen LogP contribution >= 0.6 is 11.6 Å². The number of morpholine rings is 1. The van der Waals surface area contributed by atoms with Gasteiger partial charge in [-0.15, -0.1) is 0 Å². The van der Waals surface area contributed by atoms with Gasteiger partial charge in [0.05, 0.1) is 13.2 Å². The van der Waals surface area contributed by atoms with Gasteiger partial charge in [-0.05, 0) is 29.8 Å². The van der Waals surface area contributed by atoms with Crippen LogP contribution in [0.25, 0.3) is 0 Å². The molecule has 2 aromatic rings. The van der Waals surface area contributed by atoms with Crippen molar-refractivity contribution in [1.82, 2.24) is 4.90 Å². The van der Waals surface area contributed by atoms with Gasteiger partial charge in [0.2, 0.25) is 0 Å². The molecule has 1 unspecified atom stereocenters. The number of hydrogen-bond acceptors (Lipinski definition) is 3. The smallest absolute Gasteiger partial charge is 0.260 e. The van der Waals surface area contributed by atoms with Crippen molar-refractivity contribution in [2.24, 2.45) is 0 Å². The van der Waals surface area contributed by atoms with E-state index in [-0.39, 0.29) is 18.6 Å². The molecule has 1 aliphatic heterocycles. The quantitative estimate of drug-likeness (QED) is 0.862. The van der Waals surface area contributed by atoms with Gasteiger partial charge >= 0.3 is 0 Å². The summed E-state index contributed by atoms with van der Waals surface area (Å²) in [6.45, 7) is 1.67. The summed E-state index contributed by atoms with van der Waals surface area (Å²) in [4.78, 5) is 14.1. The summed E-state index contributed by atoms with van der Waals surface area (Å²) < 4.78 is 11.3. The molecule has 2 aromatic carbocycles. The van der Waals surface area contributed by atoms with E-state index in [1.165, 1.54) is 0 Å². The molecule has 1 fully saturated rings. The van der Waals surface area contributed by atoms with Crippen LogP contribution in [0.3, 0.4) is 0 Å². The zero-order chi connectivity index (χ0) is 16.1. The number of carbonyl (C=O) groups excluding carboxylic acids is 1. The molecule has 1 atom stereocenters. The van der Waals surface area contributed by atoms with E-state index in [1.807, 2.05) is 54.6 Å². The van der Waals surface area contributed by atoms with Gasteiger partial charge in [0.25, 0.3) is 5.91 Å². The van der Waals surface area contributed by atoms with Crippen LogP contribution in [0.2, 0.25) is 5.02 Å². The SMILES string of the molecule is O=C(COc1ccccc1)N1CCOC(c2ccc(Cl)cc2)C1. The van der Waals surface area contributed by atoms with E-state index >= 15 is 0 Å². The maximum absolute atomic E-state index is 12.3. The molecular formula is C18H18ClNO3. The van der Waals surface area contributed by atoms with Gasteiger partial charge in [0.1, 0.15) is 11.9 Å². The van der Waals surface area contributed by atoms with E-state index < -0.39 is 0 Å². The molecule has 0 aromatic heterocycles. The van der Waals surface area contributed by atoms with Crippen molar-refractivity contribution in [1.29, 1.82) is 0 Å². The fourth-order valence-corrected chi connectivity index (χ4v) is 2.63. The third kappa shape index (κ3) is 4.24. The molecule has 1 saturated heterocycles. The van der Waals surface area contributed by atoms with Crippen LogP contribution in [0.1, 0.15) is 11.7 Å². The molecule has 0 spiro atoms. The average molecular weight is 332 g/mol. The number of rotatable bonds is 4. The Labute approximate surface area is 140 Å². The lowest BCUT2D eigenvalue weighted by Crippen LogP contribution is -2.44. The number of benzene rings is 2. The van der Waals surface area contributed by atoms with Crippen molar-refractivity contribution in [2.75, 3.05) is 26.3 Å². The second-order valence-electron chi connectivity index (χ2n) is 5.35. The van der Waals surface area contributed by atoms with E-state index in [2.05, 4.69) is 0 Å². The minimum atomic E-state index is -0.123. The Morgan fingerprint density at radius 3 is 2.65 bits per heavy atom. The van der Waals surface area contributed by atoms with Gasteiger partial charge < -0.3 is 14.4 Å². The van der Waals surface area contributed by atoms with Gasteiger partial charge in [-0.1, -0.05) is 41.9 Å². The highest BCUT2D eigenvalue weighted by Crippen LogP contribution is 2.23. The molecule has 3 rings (SSSR count). The number of nitrogens with zero attached hydrogens (tertiary/aromatic N) is 1. The largest absolute Gasteiger partial charge is 0.484 e. The van der Waals surface area contributed by atoms with Crippen molar-refractivity contribution < 1.29 is 14.3 Å². The predicted octanol–water partition coefficient (Wildman–Crippen LogP) is 3.32. The summed E-state index contributed by atoms with van der Waals surface area (Å²) in [5.41, 5.74) is 1.02. The third-order valence-corrected chi connectivity index (χ3v) is 4.02. The monoisotopic (exact) mass is 331 g/mol. The molecular weight excluding hydrogens is 314 g/mol. The molecule has 0 saturated carbocycles. The topological polar surface area (TPSA) is 38.8 Å². The number of carbonyl (C=O) groups is 1. The van der Waals surface area contributed by atoms with Crippen LogP contribution in [-0.4, -0.2) is 37.1 Å². The molecule has 1 aliphatic rings. The first-order valence-corrected chi connectivity index (χ1v) is 7.93. The van der Waals surface area contributed by atoms with Gasteiger partial charge in [-0.2, -0.15) is 0 Å². The highest BCUT2D eigenvalue weighted by Gasteiger charge is 2.25. The molecule has 1 amide bonds. The fourth-order valence-electron chi connectivity index (χ4n) is 2.51. The summed E-state index contributed by atoms with van der Waals surface area (Å²) in [6, 6.07) is 16.9. The summed E-state index contributed by atoms with van der Waals surface area (Å²) >= 11 is 5.91. The molecule has 120 valence electrons. The minimum Gasteiger partial charge on any atom is -0.484 e. The first-order chi connectivity index (χ1) is 11.2. The lowest BCUT2D eigenvalue weighted by Gasteiger charge is -2.33. The minimum absolute atomic E-state index is 0.0314. The summed E-state index contributed by atoms with van der Waals surface area (Å²) in [7, 11) is 0. The molecule has 4 nitrogen and oxygen atoms in total. The third-order valence-electron chi connectivity index (χ3n) is 3.77. The first-order valence-electron chi connectivity index (χ1n) is 7.55. The van der Waals surface area contributed by atoms with Gasteiger partial charge in [0, 0.05) is 11.6 Å². The van der Waals surface area contributed by atoms with Gasteiger partial charge in [-0.25, -0.2) is 0 Å². The Hall–Kier alpha value is -2.04. The van der Waals surface area contributed by atoms with Crippen LogP contribution in [0, 0.1) is 0 Å². The lowest BCUT2D eigenvalue weighted by atomic mass is 10.1. The Bertz CT molecular complexity index is 645. The van der Waals surface area contributed by atoms with Crippen molar-refractivity contribution in [2.45, 2.75) is 6.10 Å². The zero-order valence-corrected chi connectivity index (χ0v) is 13.4. The number of amides is 1. The second-order valence-corrected chi connectivity index (χ2v) is 5.79. The molecule has 1 heterocycles. The average Bonchev–Trinajstić information content (AvgIpc) is 2.61. The van der Waals surface area contributed by atoms with E-state index in [4.69, 9.17) is 21.1 Å². The maximum Gasteiger partial charge on any atom is 0.260 e. The Balaban J connectivity index is 1.57. The van der Waals surface area contributed by atoms with Crippen LogP contribution in [0.4, 0.5) is 0 Å². The Kier molecular flexibility index (Phi) is 5.16. The summed E-state index contributed by atoms with van der Waals surface area (Å²) in [6.07, 6.45) is -0.123. The molecule has 5 heteroatoms. The Morgan fingerprint density at radius 2 is 1.91 bits per heavy atom. The molecule has 23 heavy (non-hydrogen) atoms. The number of para-hydroxylation sites is 1. The fraction of sp³-hybridized carbons (Fsp3) is 0.278. The Morgan fingerprint density at radius 1 is 1.17 bits per heavy atom. The van der Waals surface area contributed by atoms with Crippen LogP contribution < -0.4 is 4.74 Å². The van der Waals surface area contributed by atoms with Crippen molar-refractivity contribution in [3.8, 4) is 5.75 Å². The van der Waals surface area contributed by atoms with Crippen LogP contribution in [0.15, 0.2) is 54.6 Å². The normalized spacial score (nSPS) is 17.8. The number of hydrogen-bond donors (Lipinski definition) is 0.